The van der Waals surface area contributed by atoms with E-state index in [2.05, 4.69) is 38.2 Å². The number of rotatable bonds is 40. The van der Waals surface area contributed by atoms with Crippen LogP contribution in [0.5, 0.6) is 0 Å². The van der Waals surface area contributed by atoms with E-state index in [1.165, 1.54) is 96.3 Å². The van der Waals surface area contributed by atoms with Crippen molar-refractivity contribution >= 4 is 19.8 Å². The normalized spacial score (nSPS) is 14.2. The molecular weight excluding hydrogens is 681 g/mol. The standard InChI is InChI=1S/C41H78NO9P/c1-3-5-7-9-11-13-15-17-18-19-20-22-24-26-28-30-32-34-48-35-38(36-49-52(46,47)50-37-39(42)41(44)45)51-40(43)33-31-29-27-25-23-21-16-14-12-10-8-6-4-2/h8,10,14,16,38-39H,3-7,9,11-13,15,17-37,42H2,1-2H3,(H,44,45)(H,46,47)/b10-8-,16-14-. The number of phosphoric ester groups is 1. The number of carbonyl (C=O) groups excluding carboxylic acids is 1. The highest BCUT2D eigenvalue weighted by molar-refractivity contribution is 7.47. The van der Waals surface area contributed by atoms with Crippen LogP contribution in [0, 0.1) is 0 Å². The van der Waals surface area contributed by atoms with Crippen LogP contribution in [0.15, 0.2) is 24.3 Å². The molecule has 3 unspecified atom stereocenters. The smallest absolute Gasteiger partial charge is 0.472 e. The van der Waals surface area contributed by atoms with Crippen LogP contribution in [0.1, 0.15) is 187 Å². The maximum atomic E-state index is 12.6. The van der Waals surface area contributed by atoms with Crippen molar-refractivity contribution in [1.82, 2.24) is 0 Å². The number of unbranched alkanes of at least 4 members (excludes halogenated alkanes) is 22. The quantitative estimate of drug-likeness (QED) is 0.0238. The third-order valence-electron chi connectivity index (χ3n) is 8.96. The topological polar surface area (TPSA) is 155 Å². The Balaban J connectivity index is 4.23. The summed E-state index contributed by atoms with van der Waals surface area (Å²) in [5, 5.41) is 8.88. The molecule has 0 saturated carbocycles. The largest absolute Gasteiger partial charge is 0.480 e. The molecule has 0 amide bonds. The average molecular weight is 760 g/mol. The molecule has 0 heterocycles. The number of allylic oxidation sites excluding steroid dienone is 4. The van der Waals surface area contributed by atoms with Gasteiger partial charge in [-0.3, -0.25) is 18.6 Å². The average Bonchev–Trinajstić information content (AvgIpc) is 3.12. The Morgan fingerprint density at radius 2 is 1.10 bits per heavy atom. The van der Waals surface area contributed by atoms with Gasteiger partial charge in [0.25, 0.3) is 0 Å². The minimum atomic E-state index is -4.61. The number of aliphatic carboxylic acids is 1. The van der Waals surface area contributed by atoms with Crippen LogP contribution in [-0.4, -0.2) is 60.5 Å². The number of nitrogens with two attached hydrogens (primary N) is 1. The van der Waals surface area contributed by atoms with Crippen molar-refractivity contribution in [2.75, 3.05) is 26.4 Å². The van der Waals surface area contributed by atoms with Gasteiger partial charge in [-0.2, -0.15) is 0 Å². The third-order valence-corrected chi connectivity index (χ3v) is 9.92. The summed E-state index contributed by atoms with van der Waals surface area (Å²) in [5.74, 6) is -1.79. The Labute approximate surface area is 317 Å². The number of carboxylic acids is 1. The van der Waals surface area contributed by atoms with Crippen molar-refractivity contribution in [2.24, 2.45) is 5.73 Å². The number of carboxylic acid groups (broad SMARTS) is 1. The number of phosphoric acid groups is 1. The lowest BCUT2D eigenvalue weighted by Gasteiger charge is -2.20. The summed E-state index contributed by atoms with van der Waals surface area (Å²) in [6.07, 6.45) is 39.4. The minimum absolute atomic E-state index is 0.0150. The summed E-state index contributed by atoms with van der Waals surface area (Å²) in [4.78, 5) is 33.4. The second-order valence-corrected chi connectivity index (χ2v) is 15.6. The molecule has 0 radical (unpaired) electrons. The van der Waals surface area contributed by atoms with Gasteiger partial charge in [-0.25, -0.2) is 4.57 Å². The summed E-state index contributed by atoms with van der Waals surface area (Å²) in [6.45, 7) is 3.81. The van der Waals surface area contributed by atoms with Gasteiger partial charge in [0, 0.05) is 13.0 Å². The molecule has 0 bridgehead atoms. The zero-order valence-corrected chi connectivity index (χ0v) is 34.1. The van der Waals surface area contributed by atoms with Crippen molar-refractivity contribution in [3.05, 3.63) is 24.3 Å². The van der Waals surface area contributed by atoms with Gasteiger partial charge in [-0.1, -0.05) is 167 Å². The number of ether oxygens (including phenoxy) is 2. The number of esters is 1. The third kappa shape index (κ3) is 36.8. The molecule has 0 aromatic rings. The lowest BCUT2D eigenvalue weighted by atomic mass is 10.0. The summed E-state index contributed by atoms with van der Waals surface area (Å²) >= 11 is 0. The fourth-order valence-corrected chi connectivity index (χ4v) is 6.48. The first-order chi connectivity index (χ1) is 25.2. The molecule has 10 nitrogen and oxygen atoms in total. The van der Waals surface area contributed by atoms with Crippen LogP contribution in [0.2, 0.25) is 0 Å². The molecule has 0 spiro atoms. The Morgan fingerprint density at radius 1 is 0.615 bits per heavy atom. The SMILES string of the molecule is CCC/C=C\C/C=C\CCCCCCCC(=O)OC(COCCCCCCCCCCCCCCCCCCC)COP(=O)(O)OCC(N)C(=O)O. The molecule has 0 aromatic heterocycles. The predicted octanol–water partition coefficient (Wildman–Crippen LogP) is 11.1. The van der Waals surface area contributed by atoms with E-state index < -0.39 is 45.1 Å². The van der Waals surface area contributed by atoms with E-state index in [-0.39, 0.29) is 13.0 Å². The van der Waals surface area contributed by atoms with Gasteiger partial charge in [0.1, 0.15) is 12.1 Å². The van der Waals surface area contributed by atoms with Crippen LogP contribution in [0.3, 0.4) is 0 Å². The lowest BCUT2D eigenvalue weighted by Crippen LogP contribution is -2.34. The van der Waals surface area contributed by atoms with Crippen LogP contribution < -0.4 is 5.73 Å². The van der Waals surface area contributed by atoms with Crippen molar-refractivity contribution < 1.29 is 42.7 Å². The Morgan fingerprint density at radius 3 is 1.63 bits per heavy atom. The van der Waals surface area contributed by atoms with Crippen LogP contribution in [0.25, 0.3) is 0 Å². The molecule has 0 aliphatic rings. The maximum Gasteiger partial charge on any atom is 0.472 e. The molecule has 0 aromatic carbocycles. The predicted molar refractivity (Wildman–Crippen MR) is 212 cm³/mol. The Bertz CT molecular complexity index is 930. The van der Waals surface area contributed by atoms with Gasteiger partial charge in [-0.05, 0) is 38.5 Å². The van der Waals surface area contributed by atoms with E-state index in [0.717, 1.165) is 64.2 Å². The first kappa shape index (κ1) is 50.5. The minimum Gasteiger partial charge on any atom is -0.480 e. The molecular formula is C41H78NO9P. The van der Waals surface area contributed by atoms with Gasteiger partial charge < -0.3 is 25.2 Å². The molecule has 0 aliphatic heterocycles. The van der Waals surface area contributed by atoms with Gasteiger partial charge >= 0.3 is 19.8 Å². The summed E-state index contributed by atoms with van der Waals surface area (Å²) in [6, 6.07) is -1.47. The molecule has 11 heteroatoms. The van der Waals surface area contributed by atoms with E-state index in [4.69, 9.17) is 29.4 Å². The van der Waals surface area contributed by atoms with Crippen LogP contribution in [-0.2, 0) is 32.7 Å². The van der Waals surface area contributed by atoms with Crippen molar-refractivity contribution in [1.29, 1.82) is 0 Å². The fourth-order valence-electron chi connectivity index (χ4n) is 5.70. The summed E-state index contributed by atoms with van der Waals surface area (Å²) in [7, 11) is -4.61. The molecule has 0 fully saturated rings. The molecule has 0 saturated heterocycles. The van der Waals surface area contributed by atoms with Gasteiger partial charge in [0.15, 0.2) is 0 Å². The van der Waals surface area contributed by atoms with E-state index in [0.29, 0.717) is 13.0 Å². The number of hydrogen-bond acceptors (Lipinski definition) is 8. The van der Waals surface area contributed by atoms with E-state index in [1.807, 2.05) is 0 Å². The van der Waals surface area contributed by atoms with Crippen LogP contribution in [0.4, 0.5) is 0 Å². The monoisotopic (exact) mass is 760 g/mol. The molecule has 0 aliphatic carbocycles. The zero-order valence-electron chi connectivity index (χ0n) is 33.2. The number of carbonyl (C=O) groups is 2. The highest BCUT2D eigenvalue weighted by Gasteiger charge is 2.27. The zero-order chi connectivity index (χ0) is 38.4. The number of hydrogen-bond donors (Lipinski definition) is 3. The first-order valence-electron chi connectivity index (χ1n) is 20.9. The van der Waals surface area contributed by atoms with Gasteiger partial charge in [0.05, 0.1) is 19.8 Å². The van der Waals surface area contributed by atoms with Crippen molar-refractivity contribution in [3.63, 3.8) is 0 Å². The fraction of sp³-hybridized carbons (Fsp3) is 0.854. The molecule has 4 N–H and O–H groups in total. The van der Waals surface area contributed by atoms with Gasteiger partial charge in [0.2, 0.25) is 0 Å². The second kappa shape index (κ2) is 37.8. The molecule has 3 atom stereocenters. The van der Waals surface area contributed by atoms with Crippen molar-refractivity contribution in [3.8, 4) is 0 Å². The Kier molecular flexibility index (Phi) is 36.6. The van der Waals surface area contributed by atoms with E-state index in [1.54, 1.807) is 0 Å². The first-order valence-corrected chi connectivity index (χ1v) is 22.4. The molecule has 52 heavy (non-hydrogen) atoms. The maximum absolute atomic E-state index is 12.6. The van der Waals surface area contributed by atoms with E-state index >= 15 is 0 Å². The van der Waals surface area contributed by atoms with Gasteiger partial charge in [-0.15, -0.1) is 0 Å². The van der Waals surface area contributed by atoms with Crippen molar-refractivity contribution in [2.45, 2.75) is 199 Å². The summed E-state index contributed by atoms with van der Waals surface area (Å²) in [5.41, 5.74) is 5.35. The molecule has 306 valence electrons. The highest BCUT2D eigenvalue weighted by atomic mass is 31.2. The summed E-state index contributed by atoms with van der Waals surface area (Å²) < 4.78 is 33.3. The van der Waals surface area contributed by atoms with Crippen LogP contribution >= 0.6 is 7.82 Å². The second-order valence-electron chi connectivity index (χ2n) is 14.1. The molecule has 0 rings (SSSR count). The lowest BCUT2D eigenvalue weighted by molar-refractivity contribution is -0.154. The highest BCUT2D eigenvalue weighted by Crippen LogP contribution is 2.43. The Hall–Kier alpha value is -1.55. The van der Waals surface area contributed by atoms with E-state index in [9.17, 15) is 19.0 Å².